The van der Waals surface area contributed by atoms with Crippen LogP contribution in [0.2, 0.25) is 0 Å². The SMILES string of the molecule is Cc1nc(-c2ccc(C(F)(F)F)cc2)sc1C(O)CCC1OCCCO1. The molecule has 0 radical (unpaired) electrons. The van der Waals surface area contributed by atoms with Crippen LogP contribution in [0.25, 0.3) is 10.6 Å². The van der Waals surface area contributed by atoms with Crippen LogP contribution in [0.1, 0.15) is 41.5 Å². The maximum absolute atomic E-state index is 12.7. The van der Waals surface area contributed by atoms with Crippen LogP contribution in [0, 0.1) is 6.92 Å². The summed E-state index contributed by atoms with van der Waals surface area (Å²) in [5.74, 6) is 0. The summed E-state index contributed by atoms with van der Waals surface area (Å²) in [6.45, 7) is 3.12. The lowest BCUT2D eigenvalue weighted by molar-refractivity contribution is -0.183. The third-order valence-corrected chi connectivity index (χ3v) is 5.47. The van der Waals surface area contributed by atoms with E-state index in [1.54, 1.807) is 6.92 Å². The summed E-state index contributed by atoms with van der Waals surface area (Å²) in [7, 11) is 0. The standard InChI is InChI=1S/C18H20F3NO3S/c1-11-16(14(23)7-8-15-24-9-2-10-25-15)26-17(22-11)12-3-5-13(6-4-12)18(19,20)21/h3-6,14-15,23H,2,7-10H2,1H3. The molecule has 4 nitrogen and oxygen atoms in total. The zero-order valence-corrected chi connectivity index (χ0v) is 15.1. The predicted molar refractivity (Wildman–Crippen MR) is 91.8 cm³/mol. The molecular formula is C18H20F3NO3S. The number of halogens is 3. The Morgan fingerprint density at radius 1 is 1.23 bits per heavy atom. The first kappa shape index (κ1) is 19.3. The Labute approximate surface area is 153 Å². The van der Waals surface area contributed by atoms with Crippen LogP contribution in [-0.2, 0) is 15.7 Å². The third kappa shape index (κ3) is 4.62. The molecule has 1 saturated heterocycles. The number of aromatic nitrogens is 1. The van der Waals surface area contributed by atoms with Crippen LogP contribution in [-0.4, -0.2) is 29.6 Å². The lowest BCUT2D eigenvalue weighted by Gasteiger charge is -2.23. The monoisotopic (exact) mass is 387 g/mol. The van der Waals surface area contributed by atoms with Gasteiger partial charge in [-0.2, -0.15) is 13.2 Å². The van der Waals surface area contributed by atoms with Gasteiger partial charge in [-0.3, -0.25) is 0 Å². The molecule has 1 N–H and O–H groups in total. The summed E-state index contributed by atoms with van der Waals surface area (Å²) in [4.78, 5) is 5.12. The van der Waals surface area contributed by atoms with Gasteiger partial charge in [0.15, 0.2) is 6.29 Å². The van der Waals surface area contributed by atoms with E-state index in [1.165, 1.54) is 23.5 Å². The van der Waals surface area contributed by atoms with E-state index in [1.807, 2.05) is 0 Å². The normalized spacial score (nSPS) is 17.4. The molecule has 0 saturated carbocycles. The largest absolute Gasteiger partial charge is 0.416 e. The van der Waals surface area contributed by atoms with E-state index in [0.29, 0.717) is 42.3 Å². The second-order valence-corrected chi connectivity index (χ2v) is 7.19. The lowest BCUT2D eigenvalue weighted by atomic mass is 10.1. The van der Waals surface area contributed by atoms with Gasteiger partial charge in [-0.05, 0) is 31.9 Å². The Balaban J connectivity index is 1.68. The molecule has 8 heteroatoms. The predicted octanol–water partition coefficient (Wildman–Crippen LogP) is 4.71. The second kappa shape index (κ2) is 8.04. The van der Waals surface area contributed by atoms with E-state index in [4.69, 9.17) is 9.47 Å². The number of aliphatic hydroxyl groups is 1. The van der Waals surface area contributed by atoms with Crippen LogP contribution < -0.4 is 0 Å². The molecule has 1 unspecified atom stereocenters. The first-order valence-electron chi connectivity index (χ1n) is 8.41. The minimum Gasteiger partial charge on any atom is -0.388 e. The van der Waals surface area contributed by atoms with Crippen LogP contribution >= 0.6 is 11.3 Å². The van der Waals surface area contributed by atoms with Crippen LogP contribution in [0.15, 0.2) is 24.3 Å². The highest BCUT2D eigenvalue weighted by atomic mass is 32.1. The first-order chi connectivity index (χ1) is 12.3. The van der Waals surface area contributed by atoms with Crippen molar-refractivity contribution >= 4 is 11.3 Å². The van der Waals surface area contributed by atoms with Gasteiger partial charge in [-0.25, -0.2) is 4.98 Å². The maximum atomic E-state index is 12.7. The molecule has 1 aliphatic heterocycles. The van der Waals surface area contributed by atoms with Crippen molar-refractivity contribution < 1.29 is 27.8 Å². The number of ether oxygens (including phenoxy) is 2. The zero-order valence-electron chi connectivity index (χ0n) is 14.3. The molecule has 1 aromatic heterocycles. The van der Waals surface area contributed by atoms with E-state index >= 15 is 0 Å². The smallest absolute Gasteiger partial charge is 0.388 e. The molecule has 1 atom stereocenters. The average molecular weight is 387 g/mol. The van der Waals surface area contributed by atoms with E-state index in [0.717, 1.165) is 23.4 Å². The van der Waals surface area contributed by atoms with Gasteiger partial charge in [-0.15, -0.1) is 11.3 Å². The number of rotatable bonds is 5. The summed E-state index contributed by atoms with van der Waals surface area (Å²) in [5, 5.41) is 11.0. The molecular weight excluding hydrogens is 367 g/mol. The summed E-state index contributed by atoms with van der Waals surface area (Å²) in [6, 6.07) is 4.89. The molecule has 0 amide bonds. The highest BCUT2D eigenvalue weighted by Gasteiger charge is 2.30. The van der Waals surface area contributed by atoms with Gasteiger partial charge >= 0.3 is 6.18 Å². The Morgan fingerprint density at radius 2 is 1.88 bits per heavy atom. The van der Waals surface area contributed by atoms with Crippen molar-refractivity contribution in [1.82, 2.24) is 4.98 Å². The number of hydrogen-bond acceptors (Lipinski definition) is 5. The number of nitrogens with zero attached hydrogens (tertiary/aromatic N) is 1. The number of thiazole rings is 1. The summed E-state index contributed by atoms with van der Waals surface area (Å²) < 4.78 is 48.9. The number of aryl methyl sites for hydroxylation is 1. The van der Waals surface area contributed by atoms with Gasteiger partial charge < -0.3 is 14.6 Å². The molecule has 1 aromatic carbocycles. The maximum Gasteiger partial charge on any atom is 0.416 e. The Bertz CT molecular complexity index is 724. The van der Waals surface area contributed by atoms with Crippen LogP contribution in [0.4, 0.5) is 13.2 Å². The summed E-state index contributed by atoms with van der Waals surface area (Å²) >= 11 is 1.30. The highest BCUT2D eigenvalue weighted by Crippen LogP contribution is 2.36. The quantitative estimate of drug-likeness (QED) is 0.807. The molecule has 3 rings (SSSR count). The number of benzene rings is 1. The lowest BCUT2D eigenvalue weighted by Crippen LogP contribution is -2.25. The molecule has 2 heterocycles. The Hall–Kier alpha value is -1.48. The number of aliphatic hydroxyl groups excluding tert-OH is 1. The molecule has 0 spiro atoms. The van der Waals surface area contributed by atoms with E-state index in [-0.39, 0.29) is 6.29 Å². The fourth-order valence-corrected chi connectivity index (χ4v) is 3.86. The minimum atomic E-state index is -4.36. The fourth-order valence-electron chi connectivity index (χ4n) is 2.77. The van der Waals surface area contributed by atoms with Gasteiger partial charge in [-0.1, -0.05) is 12.1 Å². The second-order valence-electron chi connectivity index (χ2n) is 6.16. The van der Waals surface area contributed by atoms with Gasteiger partial charge in [0.05, 0.1) is 35.5 Å². The minimum absolute atomic E-state index is 0.291. The first-order valence-corrected chi connectivity index (χ1v) is 9.22. The summed E-state index contributed by atoms with van der Waals surface area (Å²) in [6.07, 6.45) is -3.43. The molecule has 1 aliphatic rings. The van der Waals surface area contributed by atoms with Gasteiger partial charge in [0.25, 0.3) is 0 Å². The molecule has 142 valence electrons. The Kier molecular flexibility index (Phi) is 5.96. The van der Waals surface area contributed by atoms with Gasteiger partial charge in [0, 0.05) is 12.0 Å². The molecule has 0 aliphatic carbocycles. The van der Waals surface area contributed by atoms with Crippen LogP contribution in [0.5, 0.6) is 0 Å². The van der Waals surface area contributed by atoms with E-state index in [2.05, 4.69) is 4.98 Å². The number of hydrogen-bond donors (Lipinski definition) is 1. The van der Waals surface area contributed by atoms with Crippen molar-refractivity contribution in [2.75, 3.05) is 13.2 Å². The zero-order chi connectivity index (χ0) is 18.7. The van der Waals surface area contributed by atoms with Crippen molar-refractivity contribution in [3.63, 3.8) is 0 Å². The van der Waals surface area contributed by atoms with Gasteiger partial charge in [0.1, 0.15) is 5.01 Å². The Morgan fingerprint density at radius 3 is 2.50 bits per heavy atom. The molecule has 1 fully saturated rings. The molecule has 2 aromatic rings. The van der Waals surface area contributed by atoms with Crippen molar-refractivity contribution in [3.8, 4) is 10.6 Å². The molecule has 26 heavy (non-hydrogen) atoms. The fraction of sp³-hybridized carbons (Fsp3) is 0.500. The van der Waals surface area contributed by atoms with Gasteiger partial charge in [0.2, 0.25) is 0 Å². The topological polar surface area (TPSA) is 51.6 Å². The number of alkyl halides is 3. The van der Waals surface area contributed by atoms with E-state index < -0.39 is 17.8 Å². The van der Waals surface area contributed by atoms with Crippen molar-refractivity contribution in [1.29, 1.82) is 0 Å². The highest BCUT2D eigenvalue weighted by molar-refractivity contribution is 7.15. The molecule has 0 bridgehead atoms. The van der Waals surface area contributed by atoms with Crippen molar-refractivity contribution in [2.45, 2.75) is 44.8 Å². The van der Waals surface area contributed by atoms with Crippen LogP contribution in [0.3, 0.4) is 0 Å². The average Bonchev–Trinajstić information content (AvgIpc) is 3.02. The van der Waals surface area contributed by atoms with Crippen molar-refractivity contribution in [2.24, 2.45) is 0 Å². The van der Waals surface area contributed by atoms with Crippen molar-refractivity contribution in [3.05, 3.63) is 40.4 Å². The van der Waals surface area contributed by atoms with E-state index in [9.17, 15) is 18.3 Å². The summed E-state index contributed by atoms with van der Waals surface area (Å²) in [5.41, 5.74) is 0.591. The third-order valence-electron chi connectivity index (χ3n) is 4.17.